The summed E-state index contributed by atoms with van der Waals surface area (Å²) in [6.45, 7) is 0.372. The van der Waals surface area contributed by atoms with Crippen molar-refractivity contribution in [2.45, 2.75) is 11.4 Å². The molecule has 7 heteroatoms. The van der Waals surface area contributed by atoms with E-state index >= 15 is 0 Å². The van der Waals surface area contributed by atoms with E-state index in [0.29, 0.717) is 23.8 Å². The zero-order valence-electron chi connectivity index (χ0n) is 15.6. The van der Waals surface area contributed by atoms with Crippen LogP contribution >= 0.6 is 11.8 Å². The van der Waals surface area contributed by atoms with Gasteiger partial charge in [-0.25, -0.2) is 0 Å². The first-order valence-corrected chi connectivity index (χ1v) is 9.49. The van der Waals surface area contributed by atoms with Gasteiger partial charge in [-0.3, -0.25) is 9.59 Å². The molecule has 27 heavy (non-hydrogen) atoms. The average Bonchev–Trinajstić information content (AvgIpc) is 2.69. The number of nitrogens with zero attached hydrogens (tertiary/aromatic N) is 2. The molecule has 1 aliphatic rings. The van der Waals surface area contributed by atoms with Gasteiger partial charge in [-0.1, -0.05) is 24.3 Å². The molecule has 0 aliphatic carbocycles. The van der Waals surface area contributed by atoms with E-state index in [1.165, 1.54) is 11.8 Å². The average molecular weight is 386 g/mol. The molecule has 0 unspecified atom stereocenters. The quantitative estimate of drug-likeness (QED) is 0.764. The van der Waals surface area contributed by atoms with Crippen molar-refractivity contribution in [1.29, 1.82) is 0 Å². The predicted octanol–water partition coefficient (Wildman–Crippen LogP) is 2.80. The van der Waals surface area contributed by atoms with E-state index in [-0.39, 0.29) is 18.4 Å². The lowest BCUT2D eigenvalue weighted by Crippen LogP contribution is -2.43. The molecule has 0 spiro atoms. The van der Waals surface area contributed by atoms with Crippen molar-refractivity contribution in [1.82, 2.24) is 4.90 Å². The smallest absolute Gasteiger partial charge is 0.242 e. The van der Waals surface area contributed by atoms with Gasteiger partial charge in [-0.2, -0.15) is 0 Å². The summed E-state index contributed by atoms with van der Waals surface area (Å²) in [5.74, 6) is 1.37. The third-order valence-electron chi connectivity index (χ3n) is 4.42. The van der Waals surface area contributed by atoms with Crippen molar-refractivity contribution in [3.63, 3.8) is 0 Å². The molecule has 6 nitrogen and oxygen atoms in total. The molecule has 0 aromatic heterocycles. The molecule has 0 saturated heterocycles. The Morgan fingerprint density at radius 2 is 1.93 bits per heavy atom. The van der Waals surface area contributed by atoms with Gasteiger partial charge in [-0.15, -0.1) is 11.8 Å². The van der Waals surface area contributed by atoms with E-state index in [4.69, 9.17) is 9.47 Å². The van der Waals surface area contributed by atoms with Gasteiger partial charge in [0.1, 0.15) is 6.54 Å². The van der Waals surface area contributed by atoms with Crippen LogP contribution in [0.25, 0.3) is 0 Å². The number of likely N-dealkylation sites (N-methyl/N-ethyl adjacent to an activating group) is 1. The second kappa shape index (κ2) is 8.35. The van der Waals surface area contributed by atoms with E-state index in [0.717, 1.165) is 16.1 Å². The Kier molecular flexibility index (Phi) is 5.91. The predicted molar refractivity (Wildman–Crippen MR) is 106 cm³/mol. The molecule has 0 N–H and O–H groups in total. The van der Waals surface area contributed by atoms with Crippen molar-refractivity contribution in [2.75, 3.05) is 38.5 Å². The number of para-hydroxylation sites is 2. The summed E-state index contributed by atoms with van der Waals surface area (Å²) in [7, 11) is 4.87. The van der Waals surface area contributed by atoms with Gasteiger partial charge in [0.05, 0.1) is 25.7 Å². The number of thioether (sulfide) groups is 1. The Bertz CT molecular complexity index is 856. The molecular formula is C20H22N2O4S. The number of rotatable bonds is 6. The van der Waals surface area contributed by atoms with Crippen molar-refractivity contribution in [2.24, 2.45) is 0 Å². The highest BCUT2D eigenvalue weighted by Crippen LogP contribution is 2.35. The number of fused-ring (bicyclic) bond motifs is 1. The molecular weight excluding hydrogens is 364 g/mol. The number of carbonyl (C=O) groups is 2. The fourth-order valence-corrected chi connectivity index (χ4v) is 3.94. The van der Waals surface area contributed by atoms with Crippen molar-refractivity contribution < 1.29 is 19.1 Å². The van der Waals surface area contributed by atoms with E-state index < -0.39 is 0 Å². The second-order valence-electron chi connectivity index (χ2n) is 6.14. The van der Waals surface area contributed by atoms with Gasteiger partial charge < -0.3 is 19.3 Å². The molecule has 0 fully saturated rings. The van der Waals surface area contributed by atoms with Crippen LogP contribution in [0.5, 0.6) is 11.5 Å². The third-order valence-corrected chi connectivity index (χ3v) is 5.47. The van der Waals surface area contributed by atoms with Crippen LogP contribution in [-0.2, 0) is 16.1 Å². The lowest BCUT2D eigenvalue weighted by Gasteiger charge is -2.30. The number of benzene rings is 2. The van der Waals surface area contributed by atoms with Crippen molar-refractivity contribution in [3.8, 4) is 11.5 Å². The number of amides is 2. The summed E-state index contributed by atoms with van der Waals surface area (Å²) in [5, 5.41) is 0. The van der Waals surface area contributed by atoms with Crippen LogP contribution in [0.15, 0.2) is 47.4 Å². The molecule has 1 heterocycles. The molecule has 142 valence electrons. The zero-order valence-corrected chi connectivity index (χ0v) is 16.4. The summed E-state index contributed by atoms with van der Waals surface area (Å²) < 4.78 is 10.7. The summed E-state index contributed by atoms with van der Waals surface area (Å²) in [6.07, 6.45) is 0. The van der Waals surface area contributed by atoms with E-state index in [9.17, 15) is 9.59 Å². The Hall–Kier alpha value is -2.67. The minimum Gasteiger partial charge on any atom is -0.493 e. The highest BCUT2D eigenvalue weighted by molar-refractivity contribution is 8.00. The first-order valence-electron chi connectivity index (χ1n) is 8.51. The largest absolute Gasteiger partial charge is 0.493 e. The Morgan fingerprint density at radius 3 is 2.67 bits per heavy atom. The molecule has 0 saturated carbocycles. The van der Waals surface area contributed by atoms with E-state index in [1.54, 1.807) is 31.1 Å². The number of ether oxygens (including phenoxy) is 2. The fraction of sp³-hybridized carbons (Fsp3) is 0.300. The number of carbonyl (C=O) groups excluding carboxylic acids is 2. The fourth-order valence-electron chi connectivity index (χ4n) is 3.01. The van der Waals surface area contributed by atoms with Gasteiger partial charge in [0, 0.05) is 24.1 Å². The van der Waals surface area contributed by atoms with Crippen LogP contribution in [0.2, 0.25) is 0 Å². The van der Waals surface area contributed by atoms with E-state index in [1.807, 2.05) is 42.5 Å². The second-order valence-corrected chi connectivity index (χ2v) is 7.16. The van der Waals surface area contributed by atoms with Gasteiger partial charge >= 0.3 is 0 Å². The Balaban J connectivity index is 1.75. The third kappa shape index (κ3) is 4.03. The molecule has 2 aromatic carbocycles. The molecule has 1 aliphatic heterocycles. The minimum atomic E-state index is -0.144. The molecule has 2 aromatic rings. The standard InChI is InChI=1S/C20H22N2O4S/c1-21(11-14-7-6-9-16(25-2)20(14)26-3)18(23)12-22-15-8-4-5-10-17(15)27-13-19(22)24/h4-10H,11-13H2,1-3H3. The lowest BCUT2D eigenvalue weighted by molar-refractivity contribution is -0.130. The number of hydrogen-bond donors (Lipinski definition) is 0. The monoisotopic (exact) mass is 386 g/mol. The van der Waals surface area contributed by atoms with Gasteiger partial charge in [0.2, 0.25) is 11.8 Å². The van der Waals surface area contributed by atoms with Gasteiger partial charge in [0.25, 0.3) is 0 Å². The topological polar surface area (TPSA) is 59.1 Å². The van der Waals surface area contributed by atoms with Crippen LogP contribution in [0.3, 0.4) is 0 Å². The van der Waals surface area contributed by atoms with Gasteiger partial charge in [0.15, 0.2) is 11.5 Å². The van der Waals surface area contributed by atoms with Crippen LogP contribution in [0.4, 0.5) is 5.69 Å². The highest BCUT2D eigenvalue weighted by atomic mass is 32.2. The van der Waals surface area contributed by atoms with Crippen LogP contribution in [-0.4, -0.2) is 50.3 Å². The maximum atomic E-state index is 12.8. The van der Waals surface area contributed by atoms with Crippen LogP contribution < -0.4 is 14.4 Å². The molecule has 3 rings (SSSR count). The van der Waals surface area contributed by atoms with Gasteiger partial charge in [-0.05, 0) is 18.2 Å². The number of hydrogen-bond acceptors (Lipinski definition) is 5. The van der Waals surface area contributed by atoms with Crippen molar-refractivity contribution >= 4 is 29.3 Å². The van der Waals surface area contributed by atoms with Crippen molar-refractivity contribution in [3.05, 3.63) is 48.0 Å². The summed E-state index contributed by atoms with van der Waals surface area (Å²) in [5.41, 5.74) is 1.63. The Morgan fingerprint density at radius 1 is 1.15 bits per heavy atom. The summed E-state index contributed by atoms with van der Waals surface area (Å²) >= 11 is 1.50. The summed E-state index contributed by atoms with van der Waals surface area (Å²) in [4.78, 5) is 29.3. The first-order chi connectivity index (χ1) is 13.0. The zero-order chi connectivity index (χ0) is 19.4. The van der Waals surface area contributed by atoms with Crippen LogP contribution in [0, 0.1) is 0 Å². The first kappa shape index (κ1) is 19.1. The molecule has 0 atom stereocenters. The lowest BCUT2D eigenvalue weighted by atomic mass is 10.1. The number of methoxy groups -OCH3 is 2. The van der Waals surface area contributed by atoms with Crippen LogP contribution in [0.1, 0.15) is 5.56 Å². The maximum absolute atomic E-state index is 12.8. The van der Waals surface area contributed by atoms with E-state index in [2.05, 4.69) is 0 Å². The normalized spacial score (nSPS) is 13.1. The minimum absolute atomic E-state index is 0.0131. The molecule has 0 radical (unpaired) electrons. The highest BCUT2D eigenvalue weighted by Gasteiger charge is 2.27. The number of anilines is 1. The SMILES string of the molecule is COc1cccc(CN(C)C(=O)CN2C(=O)CSc3ccccc32)c1OC. The molecule has 0 bridgehead atoms. The summed E-state index contributed by atoms with van der Waals surface area (Å²) in [6, 6.07) is 13.2. The maximum Gasteiger partial charge on any atom is 0.242 e. The Labute approximate surface area is 163 Å². The molecule has 2 amide bonds.